The molecule has 2 nitrogen and oxygen atoms in total. The lowest BCUT2D eigenvalue weighted by atomic mass is 9.87. The summed E-state index contributed by atoms with van der Waals surface area (Å²) in [5.41, 5.74) is 6.40. The zero-order valence-corrected chi connectivity index (χ0v) is 10.4. The van der Waals surface area contributed by atoms with Crippen LogP contribution in [0.5, 0.6) is 0 Å². The van der Waals surface area contributed by atoms with Crippen LogP contribution in [0.4, 0.5) is 0 Å². The molecule has 0 bridgehead atoms. The van der Waals surface area contributed by atoms with E-state index in [1.807, 2.05) is 0 Å². The van der Waals surface area contributed by atoms with E-state index in [-0.39, 0.29) is 0 Å². The second-order valence-corrected chi connectivity index (χ2v) is 5.42. The van der Waals surface area contributed by atoms with Crippen molar-refractivity contribution in [3.8, 4) is 0 Å². The van der Waals surface area contributed by atoms with Crippen molar-refractivity contribution in [1.29, 1.82) is 0 Å². The van der Waals surface area contributed by atoms with Gasteiger partial charge in [0.1, 0.15) is 0 Å². The fourth-order valence-electron chi connectivity index (χ4n) is 1.60. The Kier molecular flexibility index (Phi) is 7.20. The number of unbranched alkanes of at least 4 members (excludes halogenated alkanes) is 1. The maximum absolute atomic E-state index is 6.03. The first-order valence-corrected chi connectivity index (χ1v) is 5.92. The van der Waals surface area contributed by atoms with Gasteiger partial charge in [-0.15, -0.1) is 0 Å². The number of hydrogen-bond acceptors (Lipinski definition) is 2. The molecule has 0 aromatic carbocycles. The smallest absolute Gasteiger partial charge is 0.00558 e. The first kappa shape index (κ1) is 13.9. The third-order valence-corrected chi connectivity index (χ3v) is 2.27. The molecule has 0 saturated carbocycles. The van der Waals surface area contributed by atoms with Gasteiger partial charge < -0.3 is 11.1 Å². The second kappa shape index (κ2) is 7.24. The van der Waals surface area contributed by atoms with Crippen LogP contribution in [0.3, 0.4) is 0 Å². The van der Waals surface area contributed by atoms with Gasteiger partial charge in [-0.3, -0.25) is 0 Å². The molecule has 1 atom stereocenters. The van der Waals surface area contributed by atoms with Gasteiger partial charge in [0.25, 0.3) is 0 Å². The van der Waals surface area contributed by atoms with Crippen LogP contribution in [-0.2, 0) is 0 Å². The van der Waals surface area contributed by atoms with Gasteiger partial charge in [0.15, 0.2) is 0 Å². The third-order valence-electron chi connectivity index (χ3n) is 2.27. The van der Waals surface area contributed by atoms with Crippen molar-refractivity contribution in [2.24, 2.45) is 11.1 Å². The Labute approximate surface area is 89.6 Å². The average Bonchev–Trinajstić information content (AvgIpc) is 2.00. The number of hydrogen-bond donors (Lipinski definition) is 2. The average molecular weight is 200 g/mol. The van der Waals surface area contributed by atoms with Crippen molar-refractivity contribution in [2.75, 3.05) is 13.1 Å². The summed E-state index contributed by atoms with van der Waals surface area (Å²) in [7, 11) is 0. The quantitative estimate of drug-likeness (QED) is 0.620. The van der Waals surface area contributed by atoms with E-state index in [9.17, 15) is 0 Å². The summed E-state index contributed by atoms with van der Waals surface area (Å²) in [5, 5.41) is 3.42. The first-order valence-electron chi connectivity index (χ1n) is 5.92. The lowest BCUT2D eigenvalue weighted by Crippen LogP contribution is -2.30. The third kappa shape index (κ3) is 10.0. The number of rotatable bonds is 7. The predicted octanol–water partition coefficient (Wildman–Crippen LogP) is 2.53. The largest absolute Gasteiger partial charge is 0.328 e. The minimum absolute atomic E-state index is 0.351. The molecule has 0 rings (SSSR count). The molecule has 0 saturated heterocycles. The van der Waals surface area contributed by atoms with Crippen LogP contribution < -0.4 is 11.1 Å². The van der Waals surface area contributed by atoms with Gasteiger partial charge in [-0.25, -0.2) is 0 Å². The highest BCUT2D eigenvalue weighted by atomic mass is 14.9. The predicted molar refractivity (Wildman–Crippen MR) is 64.4 cm³/mol. The molecule has 0 fully saturated rings. The second-order valence-electron chi connectivity index (χ2n) is 5.42. The van der Waals surface area contributed by atoms with Crippen LogP contribution in [0.1, 0.15) is 53.4 Å². The Morgan fingerprint density at radius 1 is 1.21 bits per heavy atom. The van der Waals surface area contributed by atoms with Crippen LogP contribution >= 0.6 is 0 Å². The van der Waals surface area contributed by atoms with Gasteiger partial charge in [0.2, 0.25) is 0 Å². The van der Waals surface area contributed by atoms with Crippen LogP contribution in [0, 0.1) is 5.41 Å². The molecule has 0 spiro atoms. The topological polar surface area (TPSA) is 38.0 Å². The molecule has 14 heavy (non-hydrogen) atoms. The molecule has 0 aliphatic rings. The van der Waals surface area contributed by atoms with Gasteiger partial charge in [-0.1, -0.05) is 34.1 Å². The summed E-state index contributed by atoms with van der Waals surface area (Å²) in [6.45, 7) is 11.2. The Morgan fingerprint density at radius 2 is 1.86 bits per heavy atom. The van der Waals surface area contributed by atoms with Crippen molar-refractivity contribution in [3.05, 3.63) is 0 Å². The highest BCUT2D eigenvalue weighted by Crippen LogP contribution is 2.20. The van der Waals surface area contributed by atoms with Crippen LogP contribution in [0.2, 0.25) is 0 Å². The van der Waals surface area contributed by atoms with Gasteiger partial charge in [0.05, 0.1) is 0 Å². The Hall–Kier alpha value is -0.0800. The molecule has 0 aromatic rings. The molecule has 0 radical (unpaired) electrons. The Bertz CT molecular complexity index is 127. The van der Waals surface area contributed by atoms with Crippen molar-refractivity contribution in [1.82, 2.24) is 5.32 Å². The first-order chi connectivity index (χ1) is 6.45. The maximum Gasteiger partial charge on any atom is 0.00558 e. The molecular weight excluding hydrogens is 172 g/mol. The van der Waals surface area contributed by atoms with Gasteiger partial charge in [-0.05, 0) is 37.8 Å². The Balaban J connectivity index is 3.31. The molecule has 0 aliphatic heterocycles. The van der Waals surface area contributed by atoms with Crippen LogP contribution in [0.25, 0.3) is 0 Å². The van der Waals surface area contributed by atoms with E-state index in [0.717, 1.165) is 25.9 Å². The zero-order chi connectivity index (χ0) is 11.0. The molecule has 3 N–H and O–H groups in total. The molecule has 0 aliphatic carbocycles. The highest BCUT2D eigenvalue weighted by molar-refractivity contribution is 4.72. The fourth-order valence-corrected chi connectivity index (χ4v) is 1.60. The molecular formula is C12H28N2. The summed E-state index contributed by atoms with van der Waals surface area (Å²) < 4.78 is 0. The van der Waals surface area contributed by atoms with E-state index in [2.05, 4.69) is 33.0 Å². The van der Waals surface area contributed by atoms with Gasteiger partial charge in [0, 0.05) is 6.04 Å². The summed E-state index contributed by atoms with van der Waals surface area (Å²) in [4.78, 5) is 0. The highest BCUT2D eigenvalue weighted by Gasteiger charge is 2.14. The Morgan fingerprint density at radius 3 is 2.36 bits per heavy atom. The minimum Gasteiger partial charge on any atom is -0.328 e. The van der Waals surface area contributed by atoms with E-state index >= 15 is 0 Å². The van der Waals surface area contributed by atoms with E-state index in [0.29, 0.717) is 11.5 Å². The van der Waals surface area contributed by atoms with Crippen molar-refractivity contribution >= 4 is 0 Å². The van der Waals surface area contributed by atoms with Gasteiger partial charge in [-0.2, -0.15) is 0 Å². The summed E-state index contributed by atoms with van der Waals surface area (Å²) >= 11 is 0. The lowest BCUT2D eigenvalue weighted by Gasteiger charge is -2.23. The number of nitrogens with one attached hydrogen (secondary N) is 1. The minimum atomic E-state index is 0.351. The monoisotopic (exact) mass is 200 g/mol. The maximum atomic E-state index is 6.03. The molecule has 1 unspecified atom stereocenters. The summed E-state index contributed by atoms with van der Waals surface area (Å²) in [6.07, 6.45) is 4.75. The van der Waals surface area contributed by atoms with Crippen molar-refractivity contribution in [2.45, 2.75) is 59.4 Å². The van der Waals surface area contributed by atoms with E-state index in [1.54, 1.807) is 0 Å². The zero-order valence-electron chi connectivity index (χ0n) is 10.4. The van der Waals surface area contributed by atoms with E-state index < -0.39 is 0 Å². The molecule has 0 heterocycles. The van der Waals surface area contributed by atoms with E-state index in [4.69, 9.17) is 5.73 Å². The van der Waals surface area contributed by atoms with Crippen LogP contribution in [-0.4, -0.2) is 19.1 Å². The SMILES string of the molecule is CCCCNCCC(N)CC(C)(C)C. The van der Waals surface area contributed by atoms with Gasteiger partial charge >= 0.3 is 0 Å². The standard InChI is InChI=1S/C12H28N2/c1-5-6-8-14-9-7-11(13)10-12(2,3)4/h11,14H,5-10,13H2,1-4H3. The van der Waals surface area contributed by atoms with Crippen LogP contribution in [0.15, 0.2) is 0 Å². The number of nitrogens with two attached hydrogens (primary N) is 1. The molecule has 0 amide bonds. The summed E-state index contributed by atoms with van der Waals surface area (Å²) in [5.74, 6) is 0. The normalized spacial score (nSPS) is 14.4. The fraction of sp³-hybridized carbons (Fsp3) is 1.00. The molecule has 86 valence electrons. The molecule has 2 heteroatoms. The van der Waals surface area contributed by atoms with Crippen molar-refractivity contribution < 1.29 is 0 Å². The summed E-state index contributed by atoms with van der Waals surface area (Å²) in [6, 6.07) is 0.351. The van der Waals surface area contributed by atoms with E-state index in [1.165, 1.54) is 12.8 Å². The molecule has 0 aromatic heterocycles. The van der Waals surface area contributed by atoms with Crippen molar-refractivity contribution in [3.63, 3.8) is 0 Å². The lowest BCUT2D eigenvalue weighted by molar-refractivity contribution is 0.329.